The second-order valence-electron chi connectivity index (χ2n) is 3.64. The molecule has 2 rings (SSSR count). The highest BCUT2D eigenvalue weighted by Gasteiger charge is 2.16. The van der Waals surface area contributed by atoms with Crippen LogP contribution >= 0.6 is 0 Å². The van der Waals surface area contributed by atoms with Gasteiger partial charge < -0.3 is 5.32 Å². The largest absolute Gasteiger partial charge is 0.313 e. The zero-order valence-electron chi connectivity index (χ0n) is 7.81. The van der Waals surface area contributed by atoms with Crippen molar-refractivity contribution in [1.82, 2.24) is 5.32 Å². The molecule has 0 saturated heterocycles. The fourth-order valence-electron chi connectivity index (χ4n) is 1.77. The number of hydrogen-bond acceptors (Lipinski definition) is 1. The quantitative estimate of drug-likeness (QED) is 0.645. The number of halogens is 1. The molecular weight excluding hydrogens is 165 g/mol. The van der Waals surface area contributed by atoms with Gasteiger partial charge in [-0.2, -0.15) is 0 Å². The molecule has 0 spiro atoms. The van der Waals surface area contributed by atoms with Crippen LogP contribution in [0, 0.1) is 6.92 Å². The Labute approximate surface area is 78.0 Å². The predicted molar refractivity (Wildman–Crippen MR) is 51.4 cm³/mol. The van der Waals surface area contributed by atoms with E-state index in [0.29, 0.717) is 6.42 Å². The highest BCUT2D eigenvalue weighted by molar-refractivity contribution is 5.33. The van der Waals surface area contributed by atoms with Crippen molar-refractivity contribution in [3.05, 3.63) is 34.9 Å². The Balaban J connectivity index is 2.43. The van der Waals surface area contributed by atoms with Gasteiger partial charge in [0.15, 0.2) is 0 Å². The normalized spacial score (nSPS) is 22.2. The summed E-state index contributed by atoms with van der Waals surface area (Å²) in [5.74, 6) is 0. The fourth-order valence-corrected chi connectivity index (χ4v) is 1.77. The first-order chi connectivity index (χ1) is 6.27. The lowest BCUT2D eigenvalue weighted by Crippen LogP contribution is -2.12. The molecule has 0 fully saturated rings. The predicted octanol–water partition coefficient (Wildman–Crippen LogP) is 2.50. The third-order valence-electron chi connectivity index (χ3n) is 2.53. The van der Waals surface area contributed by atoms with Gasteiger partial charge in [0.05, 0.1) is 0 Å². The first-order valence-electron chi connectivity index (χ1n) is 4.71. The summed E-state index contributed by atoms with van der Waals surface area (Å²) in [6, 6.07) is 6.03. The number of rotatable bonds is 0. The molecule has 1 unspecified atom stereocenters. The van der Waals surface area contributed by atoms with Crippen molar-refractivity contribution in [3.63, 3.8) is 0 Å². The summed E-state index contributed by atoms with van der Waals surface area (Å²) < 4.78 is 13.6. The number of hydrogen-bond donors (Lipinski definition) is 1. The van der Waals surface area contributed by atoms with E-state index in [1.54, 1.807) is 0 Å². The van der Waals surface area contributed by atoms with Crippen LogP contribution in [0.2, 0.25) is 0 Å². The topological polar surface area (TPSA) is 12.0 Å². The average Bonchev–Trinajstić information content (AvgIpc) is 2.29. The molecule has 1 nitrogen and oxygen atoms in total. The van der Waals surface area contributed by atoms with Crippen molar-refractivity contribution in [2.45, 2.75) is 26.1 Å². The van der Waals surface area contributed by atoms with E-state index < -0.39 is 6.17 Å². The van der Waals surface area contributed by atoms with E-state index in [0.717, 1.165) is 29.8 Å². The van der Waals surface area contributed by atoms with Crippen molar-refractivity contribution < 1.29 is 4.39 Å². The third kappa shape index (κ3) is 1.73. The van der Waals surface area contributed by atoms with E-state index in [9.17, 15) is 4.39 Å². The molecule has 1 aliphatic heterocycles. The molecule has 1 aromatic carbocycles. The Hall–Kier alpha value is -0.890. The first-order valence-corrected chi connectivity index (χ1v) is 4.71. The summed E-state index contributed by atoms with van der Waals surface area (Å²) in [6.07, 6.45) is -0.193. The zero-order valence-corrected chi connectivity index (χ0v) is 7.81. The summed E-state index contributed by atoms with van der Waals surface area (Å²) >= 11 is 0. The summed E-state index contributed by atoms with van der Waals surface area (Å²) in [4.78, 5) is 0. The van der Waals surface area contributed by atoms with Gasteiger partial charge in [0.2, 0.25) is 0 Å². The molecule has 0 aromatic heterocycles. The molecular formula is C11H14FN. The summed E-state index contributed by atoms with van der Waals surface area (Å²) in [6.45, 7) is 3.58. The highest BCUT2D eigenvalue weighted by Crippen LogP contribution is 2.27. The highest BCUT2D eigenvalue weighted by atomic mass is 19.1. The lowest BCUT2D eigenvalue weighted by molar-refractivity contribution is 0.326. The van der Waals surface area contributed by atoms with Crippen molar-refractivity contribution in [2.75, 3.05) is 6.54 Å². The summed E-state index contributed by atoms with van der Waals surface area (Å²) in [5, 5.41) is 3.21. The van der Waals surface area contributed by atoms with Crippen molar-refractivity contribution in [1.29, 1.82) is 0 Å². The zero-order chi connectivity index (χ0) is 9.26. The number of fused-ring (bicyclic) bond motifs is 1. The van der Waals surface area contributed by atoms with Gasteiger partial charge in [-0.3, -0.25) is 0 Å². The summed E-state index contributed by atoms with van der Waals surface area (Å²) in [7, 11) is 0. The van der Waals surface area contributed by atoms with E-state index >= 15 is 0 Å². The molecule has 0 radical (unpaired) electrons. The molecule has 0 bridgehead atoms. The Morgan fingerprint density at radius 2 is 2.31 bits per heavy atom. The van der Waals surface area contributed by atoms with Crippen LogP contribution in [0.1, 0.15) is 29.3 Å². The van der Waals surface area contributed by atoms with E-state index in [2.05, 4.69) is 5.32 Å². The average molecular weight is 179 g/mol. The minimum absolute atomic E-state index is 0.594. The fraction of sp³-hybridized carbons (Fsp3) is 0.455. The molecule has 1 aliphatic rings. The molecule has 0 saturated carbocycles. The van der Waals surface area contributed by atoms with Gasteiger partial charge >= 0.3 is 0 Å². The molecule has 1 heterocycles. The van der Waals surface area contributed by atoms with Crippen LogP contribution in [0.25, 0.3) is 0 Å². The maximum Gasteiger partial charge on any atom is 0.127 e. The molecule has 2 heteroatoms. The molecule has 13 heavy (non-hydrogen) atoms. The van der Waals surface area contributed by atoms with Gasteiger partial charge in [0.25, 0.3) is 0 Å². The third-order valence-corrected chi connectivity index (χ3v) is 2.53. The monoisotopic (exact) mass is 179 g/mol. The standard InChI is InChI=1S/C11H14FN/c1-8-2-3-9-7-13-5-4-11(12)10(9)6-8/h2-3,6,11,13H,4-5,7H2,1H3. The molecule has 1 N–H and O–H groups in total. The van der Waals surface area contributed by atoms with Crippen molar-refractivity contribution >= 4 is 0 Å². The van der Waals surface area contributed by atoms with E-state index in [1.165, 1.54) is 0 Å². The number of aryl methyl sites for hydroxylation is 1. The SMILES string of the molecule is Cc1ccc2c(c1)C(F)CCNC2. The van der Waals surface area contributed by atoms with E-state index in [1.807, 2.05) is 25.1 Å². The molecule has 0 aliphatic carbocycles. The Morgan fingerprint density at radius 1 is 1.46 bits per heavy atom. The first kappa shape index (κ1) is 8.70. The molecule has 0 amide bonds. The summed E-state index contributed by atoms with van der Waals surface area (Å²) in [5.41, 5.74) is 3.13. The second kappa shape index (κ2) is 3.46. The lowest BCUT2D eigenvalue weighted by atomic mass is 10.0. The van der Waals surface area contributed by atoms with Gasteiger partial charge in [-0.15, -0.1) is 0 Å². The van der Waals surface area contributed by atoms with Gasteiger partial charge in [-0.1, -0.05) is 23.8 Å². The van der Waals surface area contributed by atoms with Crippen LogP contribution in [-0.2, 0) is 6.54 Å². The van der Waals surface area contributed by atoms with E-state index in [4.69, 9.17) is 0 Å². The van der Waals surface area contributed by atoms with Crippen LogP contribution in [0.3, 0.4) is 0 Å². The Morgan fingerprint density at radius 3 is 3.15 bits per heavy atom. The number of benzene rings is 1. The van der Waals surface area contributed by atoms with Gasteiger partial charge in [0.1, 0.15) is 6.17 Å². The smallest absolute Gasteiger partial charge is 0.127 e. The van der Waals surface area contributed by atoms with Crippen LogP contribution in [0.4, 0.5) is 4.39 Å². The molecule has 70 valence electrons. The van der Waals surface area contributed by atoms with Crippen LogP contribution in [0.15, 0.2) is 18.2 Å². The molecule has 1 atom stereocenters. The van der Waals surface area contributed by atoms with Crippen LogP contribution in [0.5, 0.6) is 0 Å². The second-order valence-corrected chi connectivity index (χ2v) is 3.64. The van der Waals surface area contributed by atoms with Crippen LogP contribution in [-0.4, -0.2) is 6.54 Å². The van der Waals surface area contributed by atoms with E-state index in [-0.39, 0.29) is 0 Å². The number of alkyl halides is 1. The maximum atomic E-state index is 13.6. The van der Waals surface area contributed by atoms with Gasteiger partial charge in [0, 0.05) is 6.54 Å². The van der Waals surface area contributed by atoms with Gasteiger partial charge in [-0.05, 0) is 31.0 Å². The Kier molecular flexibility index (Phi) is 2.32. The maximum absolute atomic E-state index is 13.6. The Bertz CT molecular complexity index is 309. The minimum atomic E-state index is -0.787. The number of nitrogens with one attached hydrogen (secondary N) is 1. The van der Waals surface area contributed by atoms with Crippen molar-refractivity contribution in [3.8, 4) is 0 Å². The molecule has 1 aromatic rings. The minimum Gasteiger partial charge on any atom is -0.313 e. The van der Waals surface area contributed by atoms with Crippen LogP contribution < -0.4 is 5.32 Å². The van der Waals surface area contributed by atoms with Crippen molar-refractivity contribution in [2.24, 2.45) is 0 Å². The van der Waals surface area contributed by atoms with Gasteiger partial charge in [-0.25, -0.2) is 4.39 Å². The lowest BCUT2D eigenvalue weighted by Gasteiger charge is -2.09.